The molecule has 14 rings (SSSR count). The number of alkyl halides is 6. The summed E-state index contributed by atoms with van der Waals surface area (Å²) in [6.07, 6.45) is -8.68. The topological polar surface area (TPSA) is 40.5 Å². The lowest BCUT2D eigenvalue weighted by atomic mass is 10.1. The van der Waals surface area contributed by atoms with Crippen molar-refractivity contribution in [3.63, 3.8) is 0 Å². The first-order chi connectivity index (χ1) is 42.0. The van der Waals surface area contributed by atoms with Crippen molar-refractivity contribution in [1.29, 1.82) is 0 Å². The molecule has 2 nitrogen and oxygen atoms in total. The molecule has 8 aromatic heterocycles. The Kier molecular flexibility index (Phi) is 17.8. The first-order valence-electron chi connectivity index (χ1n) is 27.0. The molecule has 20 heteroatoms. The summed E-state index contributed by atoms with van der Waals surface area (Å²) >= 11 is 27.8. The monoisotopic (exact) mass is 1580 g/mol. The maximum Gasteiger partial charge on any atom is 0.416 e. The average molecular weight is 1580 g/mol. The Morgan fingerprint density at radius 1 is 0.352 bits per heavy atom. The summed E-state index contributed by atoms with van der Waals surface area (Å²) < 4.78 is 86.3. The number of rotatable bonds is 12. The number of thiophene rings is 8. The van der Waals surface area contributed by atoms with E-state index in [1.807, 2.05) is 46.9 Å². The molecular weight excluding hydrogens is 1540 g/mol. The first-order valence-corrected chi connectivity index (χ1v) is 36.7. The van der Waals surface area contributed by atoms with Crippen LogP contribution in [-0.2, 0) is 25.2 Å². The largest absolute Gasteiger partial charge is 0.416 e. The smallest absolute Gasteiger partial charge is 0.382 e. The third kappa shape index (κ3) is 13.2. The van der Waals surface area contributed by atoms with Crippen LogP contribution in [0.25, 0.3) is 82.1 Å². The van der Waals surface area contributed by atoms with Gasteiger partial charge in [-0.1, -0.05) is 83.9 Å². The van der Waals surface area contributed by atoms with E-state index in [0.29, 0.717) is 14.9 Å². The van der Waals surface area contributed by atoms with Gasteiger partial charge in [-0.05, 0) is 218 Å². The molecule has 0 saturated carbocycles. The van der Waals surface area contributed by atoms with E-state index in [1.54, 1.807) is 57.5 Å². The average Bonchev–Trinajstić information content (AvgIpc) is 2.47. The molecule has 8 heterocycles. The fourth-order valence-electron chi connectivity index (χ4n) is 10.2. The summed E-state index contributed by atoms with van der Waals surface area (Å²) in [7, 11) is 0. The lowest BCUT2D eigenvalue weighted by Gasteiger charge is -2.07. The number of hydrogen-bond acceptors (Lipinski definition) is 10. The molecule has 14 aromatic rings. The fraction of sp³-hybridized carbons (Fsp3) is 0.118. The van der Waals surface area contributed by atoms with Crippen molar-refractivity contribution in [2.24, 2.45) is 0 Å². The number of aryl methyl sites for hydroxylation is 2. The predicted molar refractivity (Wildman–Crippen MR) is 377 cm³/mol. The van der Waals surface area contributed by atoms with Crippen LogP contribution in [0.15, 0.2) is 188 Å². The zero-order valence-corrected chi connectivity index (χ0v) is 58.6. The van der Waals surface area contributed by atoms with Crippen LogP contribution in [0.2, 0.25) is 0 Å². The number of benzene rings is 6. The standard InChI is InChI=1S/C34H21Br2F3O2S4.C34H21Br2F3S4/c1-16-2-4-17(5-3-16)26-14-22(35)32(44-26)30(40)28-12-19-10-25-20(11-24(19)42-28)13-29(43-25)31(41)33-23(36)15-27(45-33)18-6-8-21(9-7-18)34(37,38)39;1-18-2-4-19(5-3-18)30-16-26(35)32(42-30)14-24-10-21-12-29-22(13-28(21)40-24)11-25(41-29)15-33-27(36)17-31(43-33)20-6-8-23(9-7-20)34(37,38)39/h2-15,30-31,40-41H,1H3;2-13,16-17H,14-15H2,1H3. The van der Waals surface area contributed by atoms with Crippen LogP contribution in [0.1, 0.15) is 73.5 Å². The van der Waals surface area contributed by atoms with Crippen LogP contribution in [-0.4, -0.2) is 10.2 Å². The summed E-state index contributed by atoms with van der Waals surface area (Å²) in [5.74, 6) is 0. The molecule has 0 spiro atoms. The van der Waals surface area contributed by atoms with Gasteiger partial charge in [0.05, 0.1) is 20.9 Å². The molecular formula is C68H42Br4F6O2S8. The van der Waals surface area contributed by atoms with Gasteiger partial charge in [0.15, 0.2) is 0 Å². The third-order valence-corrected chi connectivity index (χ3v) is 27.9. The van der Waals surface area contributed by atoms with E-state index < -0.39 is 35.7 Å². The van der Waals surface area contributed by atoms with Gasteiger partial charge in [0.25, 0.3) is 0 Å². The lowest BCUT2D eigenvalue weighted by molar-refractivity contribution is -0.138. The normalized spacial score (nSPS) is 12.9. The van der Waals surface area contributed by atoms with Crippen molar-refractivity contribution in [2.75, 3.05) is 0 Å². The molecule has 2 unspecified atom stereocenters. The molecule has 0 fully saturated rings. The van der Waals surface area contributed by atoms with Crippen molar-refractivity contribution in [1.82, 2.24) is 0 Å². The minimum absolute atomic E-state index is 0.629. The molecule has 88 heavy (non-hydrogen) atoms. The van der Waals surface area contributed by atoms with E-state index in [0.717, 1.165) is 116 Å². The minimum atomic E-state index is -4.39. The maximum atomic E-state index is 13.0. The summed E-state index contributed by atoms with van der Waals surface area (Å²) in [4.78, 5) is 12.4. The molecule has 6 aromatic carbocycles. The second-order valence-corrected chi connectivity index (χ2v) is 33.5. The maximum absolute atomic E-state index is 13.0. The number of hydrogen-bond donors (Lipinski definition) is 2. The second-order valence-electron chi connectivity index (χ2n) is 21.0. The van der Waals surface area contributed by atoms with Gasteiger partial charge in [-0.25, -0.2) is 0 Å². The zero-order valence-electron chi connectivity index (χ0n) is 45.7. The van der Waals surface area contributed by atoms with Crippen molar-refractivity contribution < 1.29 is 36.6 Å². The Morgan fingerprint density at radius 2 is 0.648 bits per heavy atom. The highest BCUT2D eigenvalue weighted by Crippen LogP contribution is 2.48. The second kappa shape index (κ2) is 25.1. The Bertz CT molecular complexity index is 4780. The molecule has 0 radical (unpaired) electrons. The van der Waals surface area contributed by atoms with E-state index >= 15 is 0 Å². The highest BCUT2D eigenvalue weighted by atomic mass is 79.9. The van der Waals surface area contributed by atoms with Crippen LogP contribution < -0.4 is 0 Å². The molecule has 2 N–H and O–H groups in total. The molecule has 0 amide bonds. The lowest BCUT2D eigenvalue weighted by Crippen LogP contribution is -2.03. The summed E-state index contributed by atoms with van der Waals surface area (Å²) in [6, 6.07) is 53.0. The van der Waals surface area contributed by atoms with Gasteiger partial charge in [-0.15, -0.1) is 90.7 Å². The molecule has 0 saturated heterocycles. The summed E-state index contributed by atoms with van der Waals surface area (Å²) in [6.45, 7) is 4.17. The first kappa shape index (κ1) is 62.2. The summed E-state index contributed by atoms with van der Waals surface area (Å²) in [5, 5.41) is 27.3. The van der Waals surface area contributed by atoms with Gasteiger partial charge < -0.3 is 10.2 Å². The molecule has 0 bridgehead atoms. The van der Waals surface area contributed by atoms with E-state index in [9.17, 15) is 36.6 Å². The molecule has 2 atom stereocenters. The SMILES string of the molecule is Cc1ccc(-c2cc(Br)c(C(O)c3cc4cc5sc(C(O)c6sc(-c7ccc(C(F)(F)F)cc7)cc6Br)cc5cc4s3)s2)cc1.Cc1ccc(-c2cc(Br)c(Cc3cc4cc5sc(Cc6sc(-c7ccc(C(F)(F)F)cc7)cc6Br)cc5cc4s3)s2)cc1. The van der Waals surface area contributed by atoms with E-state index in [1.165, 1.54) is 91.2 Å². The quantitative estimate of drug-likeness (QED) is 0.120. The molecule has 444 valence electrons. The van der Waals surface area contributed by atoms with Gasteiger partial charge in [0.1, 0.15) is 12.2 Å². The molecule has 0 aliphatic rings. The van der Waals surface area contributed by atoms with Crippen LogP contribution in [0.5, 0.6) is 0 Å². The van der Waals surface area contributed by atoms with Crippen molar-refractivity contribution in [3.8, 4) is 41.8 Å². The molecule has 0 aliphatic heterocycles. The number of fused-ring (bicyclic) bond motifs is 4. The van der Waals surface area contributed by atoms with Gasteiger partial charge in [0, 0.05) is 98.3 Å². The van der Waals surface area contributed by atoms with Crippen molar-refractivity contribution >= 4 is 195 Å². The Hall–Kier alpha value is -4.62. The van der Waals surface area contributed by atoms with E-state index in [-0.39, 0.29) is 0 Å². The van der Waals surface area contributed by atoms with Gasteiger partial charge >= 0.3 is 12.4 Å². The summed E-state index contributed by atoms with van der Waals surface area (Å²) in [5.41, 5.74) is 4.95. The minimum Gasteiger partial charge on any atom is -0.382 e. The highest BCUT2D eigenvalue weighted by molar-refractivity contribution is 9.11. The van der Waals surface area contributed by atoms with E-state index in [2.05, 4.69) is 175 Å². The number of aliphatic hydroxyl groups excluding tert-OH is 2. The Morgan fingerprint density at radius 3 is 0.989 bits per heavy atom. The third-order valence-electron chi connectivity index (χ3n) is 14.8. The highest BCUT2D eigenvalue weighted by Gasteiger charge is 2.32. The predicted octanol–water partition coefficient (Wildman–Crippen LogP) is 26.2. The van der Waals surface area contributed by atoms with Crippen LogP contribution in [0, 0.1) is 13.8 Å². The van der Waals surface area contributed by atoms with Crippen LogP contribution in [0.3, 0.4) is 0 Å². The fourth-order valence-corrected chi connectivity index (χ4v) is 22.4. The zero-order chi connectivity index (χ0) is 61.5. The van der Waals surface area contributed by atoms with Gasteiger partial charge in [-0.2, -0.15) is 26.3 Å². The van der Waals surface area contributed by atoms with Crippen molar-refractivity contribution in [2.45, 2.75) is 51.2 Å². The number of halogens is 10. The Balaban J connectivity index is 0.000000162. The van der Waals surface area contributed by atoms with Crippen LogP contribution in [0.4, 0.5) is 26.3 Å². The van der Waals surface area contributed by atoms with Gasteiger partial charge in [0.2, 0.25) is 0 Å². The Labute approximate surface area is 567 Å². The van der Waals surface area contributed by atoms with Crippen molar-refractivity contribution in [3.05, 3.63) is 249 Å². The van der Waals surface area contributed by atoms with E-state index in [4.69, 9.17) is 0 Å². The molecule has 0 aliphatic carbocycles. The van der Waals surface area contributed by atoms with Gasteiger partial charge in [-0.3, -0.25) is 0 Å². The number of aliphatic hydroxyl groups is 2. The van der Waals surface area contributed by atoms with Crippen LogP contribution >= 0.6 is 154 Å².